The van der Waals surface area contributed by atoms with Gasteiger partial charge in [0, 0.05) is 18.0 Å². The summed E-state index contributed by atoms with van der Waals surface area (Å²) < 4.78 is 5.14. The minimum atomic E-state index is -0.977. The van der Waals surface area contributed by atoms with Gasteiger partial charge in [-0.3, -0.25) is 0 Å². The second-order valence-electron chi connectivity index (χ2n) is 5.54. The maximum atomic E-state index is 11.6. The lowest BCUT2D eigenvalue weighted by Crippen LogP contribution is -2.40. The third-order valence-electron chi connectivity index (χ3n) is 4.10. The molecule has 21 heavy (non-hydrogen) atoms. The van der Waals surface area contributed by atoms with Gasteiger partial charge in [-0.2, -0.15) is 0 Å². The number of aliphatic hydroxyl groups is 1. The number of aromatic hydroxyl groups is 2. The van der Waals surface area contributed by atoms with E-state index in [-0.39, 0.29) is 16.9 Å². The average Bonchev–Trinajstić information content (AvgIpc) is 2.45. The van der Waals surface area contributed by atoms with Crippen molar-refractivity contribution in [2.75, 3.05) is 20.1 Å². The predicted molar refractivity (Wildman–Crippen MR) is 76.7 cm³/mol. The number of hydrogen-bond donors (Lipinski definition) is 3. The number of benzene rings is 1. The second kappa shape index (κ2) is 5.05. The van der Waals surface area contributed by atoms with Crippen LogP contribution in [0.3, 0.4) is 0 Å². The Labute approximate surface area is 120 Å². The van der Waals surface area contributed by atoms with E-state index in [2.05, 4.69) is 0 Å². The number of aliphatic hydroxyl groups excluding tert-OH is 1. The quantitative estimate of drug-likeness (QED) is 0.678. The van der Waals surface area contributed by atoms with Crippen molar-refractivity contribution < 1.29 is 19.7 Å². The molecule has 1 aliphatic heterocycles. The summed E-state index contributed by atoms with van der Waals surface area (Å²) in [6.45, 7) is 1.36. The van der Waals surface area contributed by atoms with Gasteiger partial charge in [0.15, 0.2) is 5.75 Å². The number of para-hydroxylation sites is 1. The average molecular weight is 291 g/mol. The molecule has 2 aromatic rings. The topological polar surface area (TPSA) is 94.1 Å². The zero-order valence-corrected chi connectivity index (χ0v) is 11.6. The van der Waals surface area contributed by atoms with Crippen LogP contribution in [0.25, 0.3) is 11.0 Å². The third-order valence-corrected chi connectivity index (χ3v) is 4.10. The number of likely N-dealkylation sites (N-methyl/N-ethyl adjacent to an activating group) is 1. The highest BCUT2D eigenvalue weighted by Crippen LogP contribution is 2.37. The molecule has 0 radical (unpaired) electrons. The van der Waals surface area contributed by atoms with E-state index < -0.39 is 23.2 Å². The van der Waals surface area contributed by atoms with E-state index in [0.29, 0.717) is 12.1 Å². The molecule has 1 saturated heterocycles. The van der Waals surface area contributed by atoms with Crippen molar-refractivity contribution in [1.29, 1.82) is 0 Å². The summed E-state index contributed by atoms with van der Waals surface area (Å²) in [5, 5.41) is 29.9. The van der Waals surface area contributed by atoms with Crippen LogP contribution in [-0.4, -0.2) is 46.5 Å². The zero-order chi connectivity index (χ0) is 15.1. The number of hydrogen-bond acceptors (Lipinski definition) is 6. The second-order valence-corrected chi connectivity index (χ2v) is 5.54. The number of nitrogens with zero attached hydrogens (tertiary/aromatic N) is 1. The number of rotatable bonds is 1. The molecule has 2 atom stereocenters. The van der Waals surface area contributed by atoms with Gasteiger partial charge in [-0.15, -0.1) is 0 Å². The van der Waals surface area contributed by atoms with Gasteiger partial charge in [-0.05, 0) is 26.1 Å². The van der Waals surface area contributed by atoms with Crippen LogP contribution >= 0.6 is 0 Å². The fourth-order valence-corrected chi connectivity index (χ4v) is 2.96. The molecule has 1 aromatic carbocycles. The maximum absolute atomic E-state index is 11.6. The number of β-amino-alcohol motifs (C(OH)–C–C–N with tert-alkyl or cyclic N) is 1. The summed E-state index contributed by atoms with van der Waals surface area (Å²) in [5.74, 6) is -1.44. The molecule has 6 nitrogen and oxygen atoms in total. The molecule has 0 aliphatic carbocycles. The maximum Gasteiger partial charge on any atom is 0.382 e. The van der Waals surface area contributed by atoms with E-state index >= 15 is 0 Å². The SMILES string of the molecule is CN1CC[C@H](c2cccc3c(O)c(O)c(=O)oc23)[C@H](O)C1. The first kappa shape index (κ1) is 13.9. The van der Waals surface area contributed by atoms with Crippen LogP contribution in [0, 0.1) is 0 Å². The monoisotopic (exact) mass is 291 g/mol. The molecule has 1 fully saturated rings. The highest BCUT2D eigenvalue weighted by atomic mass is 16.4. The Hall–Kier alpha value is -2.05. The minimum absolute atomic E-state index is 0.169. The zero-order valence-electron chi connectivity index (χ0n) is 11.6. The first-order valence-electron chi connectivity index (χ1n) is 6.83. The molecule has 0 amide bonds. The molecule has 0 saturated carbocycles. The summed E-state index contributed by atoms with van der Waals surface area (Å²) in [6.07, 6.45) is 0.151. The molecule has 0 bridgehead atoms. The predicted octanol–water partition coefficient (Wildman–Crippen LogP) is 0.984. The Morgan fingerprint density at radius 1 is 1.29 bits per heavy atom. The lowest BCUT2D eigenvalue weighted by molar-refractivity contribution is 0.0639. The molecule has 6 heteroatoms. The van der Waals surface area contributed by atoms with Crippen molar-refractivity contribution in [1.82, 2.24) is 4.90 Å². The van der Waals surface area contributed by atoms with Gasteiger partial charge >= 0.3 is 5.63 Å². The molecule has 3 rings (SSSR count). The molecular formula is C15H17NO5. The van der Waals surface area contributed by atoms with Gasteiger partial charge in [0.1, 0.15) is 5.58 Å². The summed E-state index contributed by atoms with van der Waals surface area (Å²) in [6, 6.07) is 5.06. The van der Waals surface area contributed by atoms with Crippen LogP contribution in [0.1, 0.15) is 17.9 Å². The Balaban J connectivity index is 2.18. The van der Waals surface area contributed by atoms with Crippen molar-refractivity contribution in [3.8, 4) is 11.5 Å². The fraction of sp³-hybridized carbons (Fsp3) is 0.400. The Bertz CT molecular complexity index is 739. The molecule has 3 N–H and O–H groups in total. The van der Waals surface area contributed by atoms with Crippen LogP contribution in [0.5, 0.6) is 11.5 Å². The molecule has 1 aromatic heterocycles. The first-order chi connectivity index (χ1) is 9.99. The number of likely N-dealkylation sites (tertiary alicyclic amines) is 1. The first-order valence-corrected chi connectivity index (χ1v) is 6.83. The minimum Gasteiger partial charge on any atom is -0.504 e. The van der Waals surface area contributed by atoms with E-state index in [1.54, 1.807) is 18.2 Å². The van der Waals surface area contributed by atoms with Crippen LogP contribution in [0.2, 0.25) is 0 Å². The Kier molecular flexibility index (Phi) is 3.35. The molecule has 2 heterocycles. The molecule has 0 unspecified atom stereocenters. The summed E-state index contributed by atoms with van der Waals surface area (Å²) in [4.78, 5) is 13.6. The third kappa shape index (κ3) is 2.26. The van der Waals surface area contributed by atoms with Crippen LogP contribution in [0.15, 0.2) is 27.4 Å². The summed E-state index contributed by atoms with van der Waals surface area (Å²) in [5.41, 5.74) is -0.0678. The van der Waals surface area contributed by atoms with Crippen molar-refractivity contribution in [2.24, 2.45) is 0 Å². The molecular weight excluding hydrogens is 274 g/mol. The number of fused-ring (bicyclic) bond motifs is 1. The van der Waals surface area contributed by atoms with E-state index in [4.69, 9.17) is 4.42 Å². The van der Waals surface area contributed by atoms with Crippen molar-refractivity contribution in [3.05, 3.63) is 34.2 Å². The van der Waals surface area contributed by atoms with Gasteiger partial charge in [-0.25, -0.2) is 4.79 Å². The summed E-state index contributed by atoms with van der Waals surface area (Å²) >= 11 is 0. The summed E-state index contributed by atoms with van der Waals surface area (Å²) in [7, 11) is 1.94. The van der Waals surface area contributed by atoms with Gasteiger partial charge in [0.05, 0.1) is 11.5 Å². The molecule has 112 valence electrons. The number of piperidine rings is 1. The normalized spacial score (nSPS) is 23.5. The van der Waals surface area contributed by atoms with Gasteiger partial charge in [0.25, 0.3) is 0 Å². The smallest absolute Gasteiger partial charge is 0.382 e. The van der Waals surface area contributed by atoms with E-state index in [1.165, 1.54) is 0 Å². The Morgan fingerprint density at radius 3 is 2.76 bits per heavy atom. The standard InChI is InChI=1S/C15H17NO5/c1-16-6-5-8(11(17)7-16)9-3-2-4-10-12(18)13(19)15(20)21-14(9)10/h2-4,8,11,17-19H,5-7H2,1H3/t8-,11-/m1/s1. The van der Waals surface area contributed by atoms with Gasteiger partial charge in [-0.1, -0.05) is 12.1 Å². The fourth-order valence-electron chi connectivity index (χ4n) is 2.96. The van der Waals surface area contributed by atoms with E-state index in [1.807, 2.05) is 11.9 Å². The highest BCUT2D eigenvalue weighted by Gasteiger charge is 2.30. The lowest BCUT2D eigenvalue weighted by atomic mass is 9.86. The van der Waals surface area contributed by atoms with Crippen molar-refractivity contribution in [3.63, 3.8) is 0 Å². The van der Waals surface area contributed by atoms with Gasteiger partial charge < -0.3 is 24.6 Å². The largest absolute Gasteiger partial charge is 0.504 e. The molecule has 1 aliphatic rings. The lowest BCUT2D eigenvalue weighted by Gasteiger charge is -2.34. The van der Waals surface area contributed by atoms with E-state index in [9.17, 15) is 20.1 Å². The van der Waals surface area contributed by atoms with Crippen LogP contribution in [-0.2, 0) is 0 Å². The Morgan fingerprint density at radius 2 is 2.05 bits per heavy atom. The van der Waals surface area contributed by atoms with Gasteiger partial charge in [0.2, 0.25) is 5.75 Å². The van der Waals surface area contributed by atoms with Crippen molar-refractivity contribution in [2.45, 2.75) is 18.4 Å². The van der Waals surface area contributed by atoms with Crippen LogP contribution in [0.4, 0.5) is 0 Å². The highest BCUT2D eigenvalue weighted by molar-refractivity contribution is 5.87. The molecule has 0 spiro atoms. The van der Waals surface area contributed by atoms with Crippen molar-refractivity contribution >= 4 is 11.0 Å². The van der Waals surface area contributed by atoms with Crippen LogP contribution < -0.4 is 5.63 Å². The van der Waals surface area contributed by atoms with E-state index in [0.717, 1.165) is 13.0 Å².